The van der Waals surface area contributed by atoms with E-state index >= 15 is 4.39 Å². The van der Waals surface area contributed by atoms with E-state index in [0.717, 1.165) is 40.6 Å². The highest BCUT2D eigenvalue weighted by atomic mass is 127. The molecule has 0 bridgehead atoms. The third-order valence-electron chi connectivity index (χ3n) is 7.78. The summed E-state index contributed by atoms with van der Waals surface area (Å²) in [6.07, 6.45) is 4.04. The summed E-state index contributed by atoms with van der Waals surface area (Å²) >= 11 is 2.04. The van der Waals surface area contributed by atoms with Gasteiger partial charge in [-0.1, -0.05) is 13.0 Å². The number of carbonyl (C=O) groups excluding carboxylic acids is 2. The van der Waals surface area contributed by atoms with E-state index in [1.54, 1.807) is 25.2 Å². The fraction of sp³-hybridized carbons (Fsp3) is 0.323. The van der Waals surface area contributed by atoms with Crippen LogP contribution in [-0.4, -0.2) is 33.9 Å². The van der Waals surface area contributed by atoms with Gasteiger partial charge in [-0.3, -0.25) is 28.8 Å². The molecule has 0 spiro atoms. The van der Waals surface area contributed by atoms with Crippen LogP contribution in [0.2, 0.25) is 0 Å². The second-order valence-electron chi connectivity index (χ2n) is 10.8. The average Bonchev–Trinajstić information content (AvgIpc) is 3.87. The van der Waals surface area contributed by atoms with Gasteiger partial charge in [-0.2, -0.15) is 0 Å². The van der Waals surface area contributed by atoms with Crippen LogP contribution in [0.4, 0.5) is 33.0 Å². The number of nitrogens with zero attached hydrogens (tertiary/aromatic N) is 3. The number of nitrogens with one attached hydrogen (secondary N) is 2. The number of rotatable bonds is 8. The number of amides is 2. The molecule has 2 aromatic carbocycles. The van der Waals surface area contributed by atoms with Crippen molar-refractivity contribution >= 4 is 63.0 Å². The summed E-state index contributed by atoms with van der Waals surface area (Å²) in [4.78, 5) is 44.7. The van der Waals surface area contributed by atoms with Crippen molar-refractivity contribution in [2.75, 3.05) is 22.1 Å². The Morgan fingerprint density at radius 2 is 1.90 bits per heavy atom. The lowest BCUT2D eigenvalue weighted by atomic mass is 9.99. The number of benzene rings is 2. The molecule has 11 heteroatoms. The number of fused-ring (bicyclic) bond motifs is 1. The zero-order valence-electron chi connectivity index (χ0n) is 23.5. The molecule has 2 heterocycles. The van der Waals surface area contributed by atoms with E-state index in [-0.39, 0.29) is 47.9 Å². The number of hydrogen-bond donors (Lipinski definition) is 3. The lowest BCUT2D eigenvalue weighted by Crippen LogP contribution is -2.46. The van der Waals surface area contributed by atoms with E-state index in [2.05, 4.69) is 10.6 Å². The molecule has 4 N–H and O–H groups in total. The Kier molecular flexibility index (Phi) is 7.56. The Bertz CT molecular complexity index is 1710. The third kappa shape index (κ3) is 5.08. The molecular weight excluding hydrogens is 650 g/mol. The van der Waals surface area contributed by atoms with Crippen LogP contribution in [0.1, 0.15) is 54.9 Å². The molecule has 2 fully saturated rings. The highest BCUT2D eigenvalue weighted by Gasteiger charge is 2.48. The normalized spacial score (nSPS) is 16.1. The maximum absolute atomic E-state index is 15.1. The first-order chi connectivity index (χ1) is 20.2. The molecule has 2 aliphatic carbocycles. The highest BCUT2D eigenvalue weighted by Crippen LogP contribution is 2.51. The highest BCUT2D eigenvalue weighted by molar-refractivity contribution is 14.1. The van der Waals surface area contributed by atoms with Crippen LogP contribution in [-0.2, 0) is 18.3 Å². The summed E-state index contributed by atoms with van der Waals surface area (Å²) in [5, 5.41) is 6.01. The molecule has 3 aliphatic rings. The van der Waals surface area contributed by atoms with Crippen molar-refractivity contribution < 1.29 is 14.0 Å². The van der Waals surface area contributed by atoms with Gasteiger partial charge in [-0.15, -0.1) is 0 Å². The predicted molar refractivity (Wildman–Crippen MR) is 170 cm³/mol. The molecule has 218 valence electrons. The molecule has 3 aromatic rings. The minimum atomic E-state index is -0.483. The number of aromatic nitrogens is 1. The van der Waals surface area contributed by atoms with Gasteiger partial charge in [0.05, 0.1) is 11.4 Å². The van der Waals surface area contributed by atoms with Gasteiger partial charge in [0.25, 0.3) is 11.5 Å². The Balaban J connectivity index is 1.61. The van der Waals surface area contributed by atoms with Gasteiger partial charge in [0.15, 0.2) is 0 Å². The van der Waals surface area contributed by atoms with Crippen LogP contribution in [0.3, 0.4) is 0 Å². The molecular formula is C31H32FIN6O3. The van der Waals surface area contributed by atoms with Crippen molar-refractivity contribution in [1.29, 1.82) is 0 Å². The van der Waals surface area contributed by atoms with Crippen molar-refractivity contribution in [3.63, 3.8) is 0 Å². The quantitative estimate of drug-likeness (QED) is 0.272. The van der Waals surface area contributed by atoms with Crippen LogP contribution in [0.5, 0.6) is 0 Å². The number of pyridine rings is 1. The van der Waals surface area contributed by atoms with E-state index in [9.17, 15) is 14.4 Å². The summed E-state index contributed by atoms with van der Waals surface area (Å²) in [6, 6.07) is 12.2. The minimum absolute atomic E-state index is 0.0360. The van der Waals surface area contributed by atoms with Crippen LogP contribution in [0, 0.1) is 9.39 Å². The van der Waals surface area contributed by atoms with Crippen LogP contribution in [0.25, 0.3) is 0 Å². The van der Waals surface area contributed by atoms with Gasteiger partial charge >= 0.3 is 0 Å². The zero-order chi connectivity index (χ0) is 29.7. The summed E-state index contributed by atoms with van der Waals surface area (Å²) in [7, 11) is 1.61. The van der Waals surface area contributed by atoms with Crippen molar-refractivity contribution in [1.82, 2.24) is 9.47 Å². The summed E-state index contributed by atoms with van der Waals surface area (Å²) < 4.78 is 17.2. The molecule has 9 nitrogen and oxygen atoms in total. The fourth-order valence-electron chi connectivity index (χ4n) is 5.51. The van der Waals surface area contributed by atoms with Crippen LogP contribution >= 0.6 is 22.6 Å². The van der Waals surface area contributed by atoms with E-state index in [0.29, 0.717) is 34.6 Å². The first kappa shape index (κ1) is 28.4. The Morgan fingerprint density at radius 3 is 2.55 bits per heavy atom. The number of nitrogens with two attached hydrogens (primary N) is 1. The summed E-state index contributed by atoms with van der Waals surface area (Å²) in [5.41, 5.74) is 9.22. The van der Waals surface area contributed by atoms with E-state index in [4.69, 9.17) is 5.73 Å². The maximum Gasteiger partial charge on any atom is 0.265 e. The first-order valence-corrected chi connectivity index (χ1v) is 15.2. The molecule has 0 radical (unpaired) electrons. The van der Waals surface area contributed by atoms with Gasteiger partial charge in [-0.25, -0.2) is 4.39 Å². The third-order valence-corrected chi connectivity index (χ3v) is 8.45. The lowest BCUT2D eigenvalue weighted by Gasteiger charge is -2.42. The number of carbonyl (C=O) groups is 2. The van der Waals surface area contributed by atoms with Gasteiger partial charge in [0, 0.05) is 46.6 Å². The molecule has 2 saturated carbocycles. The lowest BCUT2D eigenvalue weighted by molar-refractivity contribution is -0.116. The number of hydrogen-bond acceptors (Lipinski definition) is 6. The van der Waals surface area contributed by atoms with Gasteiger partial charge in [0.2, 0.25) is 5.91 Å². The Morgan fingerprint density at radius 1 is 1.14 bits per heavy atom. The predicted octanol–water partition coefficient (Wildman–Crippen LogP) is 5.48. The molecule has 6 rings (SSSR count). The SMILES string of the molecule is CCc1c2c(c(Nc3ccc(I)cc3F)n(C)c1=O)C(=O)N(C1CC1)C(=C1CC1)N2c1cccc(NC(=O)CCN)c1. The van der Waals surface area contributed by atoms with Gasteiger partial charge in [-0.05, 0) is 96.7 Å². The zero-order valence-corrected chi connectivity index (χ0v) is 25.6. The molecule has 0 unspecified atom stereocenters. The molecule has 0 atom stereocenters. The smallest absolute Gasteiger partial charge is 0.265 e. The topological polar surface area (TPSA) is 113 Å². The van der Waals surface area contributed by atoms with Crippen molar-refractivity contribution in [3.05, 3.63) is 84.7 Å². The summed E-state index contributed by atoms with van der Waals surface area (Å²) in [5.74, 6) is 0.140. The average molecular weight is 683 g/mol. The molecule has 42 heavy (non-hydrogen) atoms. The molecule has 1 aliphatic heterocycles. The number of anilines is 5. The van der Waals surface area contributed by atoms with E-state index in [1.807, 2.05) is 57.5 Å². The second-order valence-corrected chi connectivity index (χ2v) is 12.1. The Labute approximate surface area is 256 Å². The van der Waals surface area contributed by atoms with Crippen molar-refractivity contribution in [3.8, 4) is 0 Å². The monoisotopic (exact) mass is 682 g/mol. The van der Waals surface area contributed by atoms with Gasteiger partial charge < -0.3 is 16.4 Å². The standard InChI is InChI=1S/C31H32FIN6O3/c1-3-22-27-26(28(37(2)30(22)41)36-24-12-9-18(33)15-23(24)32)31(42)39(20-10-11-20)29(17-7-8-17)38(27)21-6-4-5-19(16-21)35-25(40)13-14-34/h4-6,9,12,15-16,20,36H,3,7-8,10-11,13-14,34H2,1-2H3,(H,35,40). The number of allylic oxidation sites excluding steroid dienone is 1. The maximum atomic E-state index is 15.1. The Hall–Kier alpha value is -3.71. The summed E-state index contributed by atoms with van der Waals surface area (Å²) in [6.45, 7) is 2.13. The van der Waals surface area contributed by atoms with Gasteiger partial charge in [0.1, 0.15) is 23.0 Å². The first-order valence-electron chi connectivity index (χ1n) is 14.2. The molecule has 2 amide bonds. The van der Waals surface area contributed by atoms with Crippen LogP contribution < -0.4 is 26.8 Å². The largest absolute Gasteiger partial charge is 0.338 e. The van der Waals surface area contributed by atoms with E-state index < -0.39 is 5.82 Å². The minimum Gasteiger partial charge on any atom is -0.338 e. The van der Waals surface area contributed by atoms with Crippen molar-refractivity contribution in [2.45, 2.75) is 51.5 Å². The van der Waals surface area contributed by atoms with Crippen LogP contribution in [0.15, 0.2) is 58.7 Å². The molecule has 1 aromatic heterocycles. The molecule has 0 saturated heterocycles. The number of halogens is 2. The van der Waals surface area contributed by atoms with E-state index in [1.165, 1.54) is 10.6 Å². The van der Waals surface area contributed by atoms with Crippen molar-refractivity contribution in [2.24, 2.45) is 12.8 Å². The fourth-order valence-corrected chi connectivity index (χ4v) is 5.97. The second kappa shape index (κ2) is 11.2.